The Hall–Kier alpha value is -2.08. The van der Waals surface area contributed by atoms with Crippen LogP contribution in [-0.4, -0.2) is 40.9 Å². The van der Waals surface area contributed by atoms with E-state index in [2.05, 4.69) is 15.6 Å². The maximum Gasteiger partial charge on any atom is 0.270 e. The van der Waals surface area contributed by atoms with Crippen molar-refractivity contribution in [2.24, 2.45) is 0 Å². The molecule has 24 heavy (non-hydrogen) atoms. The van der Waals surface area contributed by atoms with Crippen LogP contribution >= 0.6 is 11.8 Å². The van der Waals surface area contributed by atoms with Crippen molar-refractivity contribution in [3.63, 3.8) is 0 Å². The maximum absolute atomic E-state index is 12.5. The van der Waals surface area contributed by atoms with Crippen molar-refractivity contribution in [2.45, 2.75) is 31.3 Å². The maximum atomic E-state index is 12.5. The van der Waals surface area contributed by atoms with Crippen LogP contribution in [0.4, 0.5) is 0 Å². The lowest BCUT2D eigenvalue weighted by Gasteiger charge is -2.18. The smallest absolute Gasteiger partial charge is 0.270 e. The lowest BCUT2D eigenvalue weighted by Crippen LogP contribution is -2.47. The number of fused-ring (bicyclic) bond motifs is 1. The van der Waals surface area contributed by atoms with Crippen LogP contribution in [0.3, 0.4) is 0 Å². The Morgan fingerprint density at radius 2 is 2.04 bits per heavy atom. The Balaban J connectivity index is 1.71. The highest BCUT2D eigenvalue weighted by Gasteiger charge is 2.28. The summed E-state index contributed by atoms with van der Waals surface area (Å²) in [6.07, 6.45) is 4.66. The molecular formula is C18H21N3O2S. The van der Waals surface area contributed by atoms with Crippen molar-refractivity contribution < 1.29 is 9.59 Å². The highest BCUT2D eigenvalue weighted by atomic mass is 32.2. The van der Waals surface area contributed by atoms with E-state index in [1.54, 1.807) is 17.8 Å². The summed E-state index contributed by atoms with van der Waals surface area (Å²) in [5.41, 5.74) is 1.11. The van der Waals surface area contributed by atoms with E-state index in [4.69, 9.17) is 0 Å². The van der Waals surface area contributed by atoms with Gasteiger partial charge in [0.15, 0.2) is 0 Å². The van der Waals surface area contributed by atoms with E-state index in [1.807, 2.05) is 36.6 Å². The third kappa shape index (κ3) is 4.26. The summed E-state index contributed by atoms with van der Waals surface area (Å²) < 4.78 is 0. The molecule has 0 radical (unpaired) electrons. The fraction of sp³-hybridized carbons (Fsp3) is 0.389. The standard InChI is InChI=1S/C18H21N3O2S/c1-24-11-10-16(17(22)19-13-7-8-13)21-18(23)15-9-6-12-4-2-3-5-14(12)20-15/h2-6,9,13,16H,7-8,10-11H2,1H3,(H,19,22)(H,21,23)/t16-/m0/s1. The minimum Gasteiger partial charge on any atom is -0.352 e. The van der Waals surface area contributed by atoms with E-state index in [0.29, 0.717) is 12.1 Å². The summed E-state index contributed by atoms with van der Waals surface area (Å²) in [7, 11) is 0. The molecule has 2 aromatic rings. The minimum absolute atomic E-state index is 0.0966. The molecular weight excluding hydrogens is 322 g/mol. The van der Waals surface area contributed by atoms with Gasteiger partial charge in [-0.15, -0.1) is 0 Å². The average Bonchev–Trinajstić information content (AvgIpc) is 3.41. The zero-order chi connectivity index (χ0) is 16.9. The number of aromatic nitrogens is 1. The van der Waals surface area contributed by atoms with Gasteiger partial charge in [-0.05, 0) is 43.4 Å². The van der Waals surface area contributed by atoms with Crippen molar-refractivity contribution in [2.75, 3.05) is 12.0 Å². The second-order valence-electron chi connectivity index (χ2n) is 5.98. The number of carbonyl (C=O) groups excluding carboxylic acids is 2. The Labute approximate surface area is 145 Å². The number of carbonyl (C=O) groups is 2. The van der Waals surface area contributed by atoms with Gasteiger partial charge in [0.05, 0.1) is 5.52 Å². The first-order chi connectivity index (χ1) is 11.7. The molecule has 1 aromatic heterocycles. The van der Waals surface area contributed by atoms with Gasteiger partial charge in [0, 0.05) is 11.4 Å². The number of hydrogen-bond donors (Lipinski definition) is 2. The molecule has 1 atom stereocenters. The summed E-state index contributed by atoms with van der Waals surface area (Å²) >= 11 is 1.66. The van der Waals surface area contributed by atoms with Gasteiger partial charge in [-0.1, -0.05) is 24.3 Å². The predicted octanol–water partition coefficient (Wildman–Crippen LogP) is 2.36. The molecule has 1 aliphatic rings. The Morgan fingerprint density at radius 3 is 2.79 bits per heavy atom. The van der Waals surface area contributed by atoms with Crippen LogP contribution < -0.4 is 10.6 Å². The number of pyridine rings is 1. The molecule has 1 heterocycles. The quantitative estimate of drug-likeness (QED) is 0.810. The number of amides is 2. The van der Waals surface area contributed by atoms with Crippen LogP contribution in [0.1, 0.15) is 29.8 Å². The SMILES string of the molecule is CSCC[C@H](NC(=O)c1ccc2ccccc2n1)C(=O)NC1CC1. The highest BCUT2D eigenvalue weighted by molar-refractivity contribution is 7.98. The van der Waals surface area contributed by atoms with Crippen molar-refractivity contribution >= 4 is 34.5 Å². The first-order valence-corrected chi connectivity index (χ1v) is 9.53. The lowest BCUT2D eigenvalue weighted by atomic mass is 10.1. The largest absolute Gasteiger partial charge is 0.352 e. The van der Waals surface area contributed by atoms with Crippen molar-refractivity contribution in [3.05, 3.63) is 42.1 Å². The minimum atomic E-state index is -0.515. The second-order valence-corrected chi connectivity index (χ2v) is 6.97. The highest BCUT2D eigenvalue weighted by Crippen LogP contribution is 2.19. The molecule has 5 nitrogen and oxygen atoms in total. The van der Waals surface area contributed by atoms with Gasteiger partial charge in [-0.3, -0.25) is 9.59 Å². The van der Waals surface area contributed by atoms with Crippen LogP contribution in [0.5, 0.6) is 0 Å². The van der Waals surface area contributed by atoms with Gasteiger partial charge < -0.3 is 10.6 Å². The van der Waals surface area contributed by atoms with E-state index in [9.17, 15) is 9.59 Å². The summed E-state index contributed by atoms with van der Waals surface area (Å²) in [6.45, 7) is 0. The van der Waals surface area contributed by atoms with E-state index >= 15 is 0 Å². The van der Waals surface area contributed by atoms with Gasteiger partial charge in [0.25, 0.3) is 5.91 Å². The van der Waals surface area contributed by atoms with Crippen molar-refractivity contribution in [1.82, 2.24) is 15.6 Å². The first kappa shape index (κ1) is 16.8. The van der Waals surface area contributed by atoms with Gasteiger partial charge in [-0.2, -0.15) is 11.8 Å². The number of benzene rings is 1. The Kier molecular flexibility index (Phi) is 5.35. The van der Waals surface area contributed by atoms with E-state index in [1.165, 1.54) is 0 Å². The molecule has 0 unspecified atom stereocenters. The third-order valence-corrected chi connectivity index (χ3v) is 4.63. The molecule has 3 rings (SSSR count). The molecule has 2 amide bonds. The van der Waals surface area contributed by atoms with Gasteiger partial charge in [0.2, 0.25) is 5.91 Å². The topological polar surface area (TPSA) is 71.1 Å². The van der Waals surface area contributed by atoms with Crippen LogP contribution in [0.15, 0.2) is 36.4 Å². The Morgan fingerprint density at radius 1 is 1.25 bits per heavy atom. The summed E-state index contributed by atoms with van der Waals surface area (Å²) in [4.78, 5) is 29.2. The van der Waals surface area contributed by atoms with Crippen molar-refractivity contribution in [1.29, 1.82) is 0 Å². The number of rotatable bonds is 7. The number of hydrogen-bond acceptors (Lipinski definition) is 4. The predicted molar refractivity (Wildman–Crippen MR) is 97.2 cm³/mol. The molecule has 0 bridgehead atoms. The normalized spacial score (nSPS) is 15.0. The average molecular weight is 343 g/mol. The van der Waals surface area contributed by atoms with Crippen LogP contribution in [-0.2, 0) is 4.79 Å². The van der Waals surface area contributed by atoms with Gasteiger partial charge in [-0.25, -0.2) is 4.98 Å². The van der Waals surface area contributed by atoms with Crippen LogP contribution in [0.2, 0.25) is 0 Å². The van der Waals surface area contributed by atoms with Gasteiger partial charge >= 0.3 is 0 Å². The number of thioether (sulfide) groups is 1. The molecule has 2 N–H and O–H groups in total. The molecule has 6 heteroatoms. The van der Waals surface area contributed by atoms with E-state index < -0.39 is 6.04 Å². The molecule has 0 aliphatic heterocycles. The number of nitrogens with one attached hydrogen (secondary N) is 2. The fourth-order valence-electron chi connectivity index (χ4n) is 2.46. The van der Waals surface area contributed by atoms with E-state index in [-0.39, 0.29) is 17.9 Å². The molecule has 1 fully saturated rings. The summed E-state index contributed by atoms with van der Waals surface area (Å²) in [5, 5.41) is 6.79. The third-order valence-electron chi connectivity index (χ3n) is 3.99. The second kappa shape index (κ2) is 7.66. The fourth-order valence-corrected chi connectivity index (χ4v) is 2.93. The van der Waals surface area contributed by atoms with E-state index in [0.717, 1.165) is 29.5 Å². The number of nitrogens with zero attached hydrogens (tertiary/aromatic N) is 1. The zero-order valence-corrected chi connectivity index (χ0v) is 14.4. The van der Waals surface area contributed by atoms with Crippen LogP contribution in [0.25, 0.3) is 10.9 Å². The molecule has 1 saturated carbocycles. The molecule has 0 spiro atoms. The molecule has 0 saturated heterocycles. The summed E-state index contributed by atoms with van der Waals surface area (Å²) in [6, 6.07) is 11.0. The Bertz CT molecular complexity index is 746. The monoisotopic (exact) mass is 343 g/mol. The lowest BCUT2D eigenvalue weighted by molar-refractivity contribution is -0.123. The molecule has 1 aliphatic carbocycles. The molecule has 126 valence electrons. The first-order valence-electron chi connectivity index (χ1n) is 8.13. The summed E-state index contributed by atoms with van der Waals surface area (Å²) in [5.74, 6) is 0.409. The van der Waals surface area contributed by atoms with Gasteiger partial charge in [0.1, 0.15) is 11.7 Å². The van der Waals surface area contributed by atoms with Crippen molar-refractivity contribution in [3.8, 4) is 0 Å². The van der Waals surface area contributed by atoms with Crippen LogP contribution in [0, 0.1) is 0 Å². The molecule has 1 aromatic carbocycles. The zero-order valence-electron chi connectivity index (χ0n) is 13.6. The number of para-hydroxylation sites is 1.